The van der Waals surface area contributed by atoms with Gasteiger partial charge in [-0.25, -0.2) is 0 Å². The molecular formula is C19H19F3N4O2. The number of carbonyl (C=O) groups excluding carboxylic acids is 1. The van der Waals surface area contributed by atoms with Gasteiger partial charge in [0.15, 0.2) is 0 Å². The Morgan fingerprint density at radius 1 is 1.32 bits per heavy atom. The molecule has 3 aromatic rings. The summed E-state index contributed by atoms with van der Waals surface area (Å²) in [6.07, 6.45) is 1.43. The van der Waals surface area contributed by atoms with Crippen molar-refractivity contribution in [2.24, 2.45) is 0 Å². The Hall–Kier alpha value is -2.84. The fourth-order valence-electron chi connectivity index (χ4n) is 3.70. The highest BCUT2D eigenvalue weighted by Gasteiger charge is 2.38. The molecule has 148 valence electrons. The second-order valence-corrected chi connectivity index (χ2v) is 7.14. The number of aromatic nitrogens is 3. The minimum atomic E-state index is -4.69. The van der Waals surface area contributed by atoms with Crippen LogP contribution in [0.15, 0.2) is 28.9 Å². The predicted octanol–water partition coefficient (Wildman–Crippen LogP) is 4.08. The third-order valence-corrected chi connectivity index (χ3v) is 5.04. The van der Waals surface area contributed by atoms with Crippen LogP contribution in [0.5, 0.6) is 0 Å². The van der Waals surface area contributed by atoms with Gasteiger partial charge in [0.2, 0.25) is 11.7 Å². The van der Waals surface area contributed by atoms with E-state index in [-0.39, 0.29) is 24.3 Å². The summed E-state index contributed by atoms with van der Waals surface area (Å²) >= 11 is 0. The molecule has 0 unspecified atom stereocenters. The topological polar surface area (TPSA) is 73.0 Å². The van der Waals surface area contributed by atoms with Crippen molar-refractivity contribution in [3.8, 4) is 11.4 Å². The number of hydrogen-bond donors (Lipinski definition) is 1. The van der Waals surface area contributed by atoms with Gasteiger partial charge in [0.05, 0.1) is 0 Å². The van der Waals surface area contributed by atoms with Crippen LogP contribution in [-0.2, 0) is 17.5 Å². The van der Waals surface area contributed by atoms with Crippen molar-refractivity contribution in [3.05, 3.63) is 35.9 Å². The molecule has 1 aliphatic carbocycles. The minimum absolute atomic E-state index is 0.0758. The SMILES string of the molecule is Cc1cn(CC(=O)NC2CCCC2)c2cc(-c3noc(C(F)(F)F)n3)ccc12. The van der Waals surface area contributed by atoms with Crippen LogP contribution in [0.25, 0.3) is 22.3 Å². The standard InChI is InChI=1S/C19H19F3N4O2/c1-11-9-26(10-16(27)23-13-4-2-3-5-13)15-8-12(6-7-14(11)15)17-24-18(28-25-17)19(20,21)22/h6-9,13H,2-5,10H2,1H3,(H,23,27). The molecule has 0 bridgehead atoms. The van der Waals surface area contributed by atoms with E-state index >= 15 is 0 Å². The lowest BCUT2D eigenvalue weighted by molar-refractivity contribution is -0.159. The van der Waals surface area contributed by atoms with Crippen molar-refractivity contribution in [2.45, 2.75) is 51.4 Å². The molecule has 6 nitrogen and oxygen atoms in total. The zero-order valence-electron chi connectivity index (χ0n) is 15.2. The number of hydrogen-bond acceptors (Lipinski definition) is 4. The van der Waals surface area contributed by atoms with E-state index in [1.165, 1.54) is 0 Å². The number of aryl methyl sites for hydroxylation is 1. The van der Waals surface area contributed by atoms with Crippen molar-refractivity contribution in [3.63, 3.8) is 0 Å². The van der Waals surface area contributed by atoms with Crippen molar-refractivity contribution in [2.75, 3.05) is 0 Å². The molecule has 1 aliphatic rings. The lowest BCUT2D eigenvalue weighted by Gasteiger charge is -2.13. The molecule has 0 atom stereocenters. The van der Waals surface area contributed by atoms with Gasteiger partial charge >= 0.3 is 12.1 Å². The van der Waals surface area contributed by atoms with Gasteiger partial charge in [0.1, 0.15) is 6.54 Å². The molecule has 2 aromatic heterocycles. The first-order chi connectivity index (χ1) is 13.3. The fourth-order valence-corrected chi connectivity index (χ4v) is 3.70. The average Bonchev–Trinajstić information content (AvgIpc) is 3.36. The number of rotatable bonds is 4. The minimum Gasteiger partial charge on any atom is -0.352 e. The fraction of sp³-hybridized carbons (Fsp3) is 0.421. The molecule has 0 aliphatic heterocycles. The Bertz CT molecular complexity index is 1020. The molecule has 1 N–H and O–H groups in total. The second-order valence-electron chi connectivity index (χ2n) is 7.14. The number of nitrogens with zero attached hydrogens (tertiary/aromatic N) is 3. The first kappa shape index (κ1) is 18.5. The van der Waals surface area contributed by atoms with Crippen LogP contribution < -0.4 is 5.32 Å². The molecule has 1 amide bonds. The highest BCUT2D eigenvalue weighted by Crippen LogP contribution is 2.31. The number of benzene rings is 1. The van der Waals surface area contributed by atoms with Crippen LogP contribution in [0.2, 0.25) is 0 Å². The Balaban J connectivity index is 1.62. The Morgan fingerprint density at radius 3 is 2.75 bits per heavy atom. The second kappa shape index (κ2) is 6.96. The van der Waals surface area contributed by atoms with Gasteiger partial charge in [0.25, 0.3) is 0 Å². The zero-order chi connectivity index (χ0) is 19.9. The summed E-state index contributed by atoms with van der Waals surface area (Å²) in [5, 5.41) is 7.39. The van der Waals surface area contributed by atoms with E-state index in [0.29, 0.717) is 5.56 Å². The third-order valence-electron chi connectivity index (χ3n) is 5.04. The van der Waals surface area contributed by atoms with E-state index < -0.39 is 12.1 Å². The maximum atomic E-state index is 12.7. The normalized spacial score (nSPS) is 15.4. The van der Waals surface area contributed by atoms with Crippen molar-refractivity contribution >= 4 is 16.8 Å². The molecule has 1 saturated carbocycles. The Morgan fingerprint density at radius 2 is 2.07 bits per heavy atom. The summed E-state index contributed by atoms with van der Waals surface area (Å²) in [6.45, 7) is 2.06. The third kappa shape index (κ3) is 3.61. The molecule has 0 spiro atoms. The molecule has 0 radical (unpaired) electrons. The number of fused-ring (bicyclic) bond motifs is 1. The number of amides is 1. The van der Waals surface area contributed by atoms with Gasteiger partial charge in [-0.1, -0.05) is 30.1 Å². The van der Waals surface area contributed by atoms with Gasteiger partial charge in [-0.05, 0) is 31.4 Å². The van der Waals surface area contributed by atoms with E-state index in [1.54, 1.807) is 22.8 Å². The van der Waals surface area contributed by atoms with Crippen molar-refractivity contribution < 1.29 is 22.5 Å². The first-order valence-corrected chi connectivity index (χ1v) is 9.11. The van der Waals surface area contributed by atoms with Crippen LogP contribution in [-0.4, -0.2) is 26.7 Å². The van der Waals surface area contributed by atoms with E-state index in [0.717, 1.165) is 42.1 Å². The number of nitrogens with one attached hydrogen (secondary N) is 1. The van der Waals surface area contributed by atoms with Crippen LogP contribution in [0.3, 0.4) is 0 Å². The van der Waals surface area contributed by atoms with E-state index in [4.69, 9.17) is 0 Å². The van der Waals surface area contributed by atoms with Gasteiger partial charge < -0.3 is 14.4 Å². The average molecular weight is 392 g/mol. The molecule has 4 rings (SSSR count). The quantitative estimate of drug-likeness (QED) is 0.726. The van der Waals surface area contributed by atoms with Crippen LogP contribution in [0, 0.1) is 6.92 Å². The highest BCUT2D eigenvalue weighted by molar-refractivity contribution is 5.89. The molecule has 1 aromatic carbocycles. The maximum absolute atomic E-state index is 12.7. The van der Waals surface area contributed by atoms with Gasteiger partial charge in [-0.3, -0.25) is 4.79 Å². The smallest absolute Gasteiger partial charge is 0.352 e. The summed E-state index contributed by atoms with van der Waals surface area (Å²) in [5.41, 5.74) is 2.09. The molecular weight excluding hydrogens is 373 g/mol. The lowest BCUT2D eigenvalue weighted by Crippen LogP contribution is -2.35. The van der Waals surface area contributed by atoms with Crippen LogP contribution in [0.4, 0.5) is 13.2 Å². The molecule has 1 fully saturated rings. The number of alkyl halides is 3. The summed E-state index contributed by atoms with van der Waals surface area (Å²) < 4.78 is 44.2. The van der Waals surface area contributed by atoms with E-state index in [2.05, 4.69) is 20.0 Å². The summed E-state index contributed by atoms with van der Waals surface area (Å²) in [4.78, 5) is 15.8. The first-order valence-electron chi connectivity index (χ1n) is 9.11. The summed E-state index contributed by atoms with van der Waals surface area (Å²) in [5.74, 6) is -1.60. The van der Waals surface area contributed by atoms with Crippen LogP contribution in [0.1, 0.15) is 37.1 Å². The number of halogens is 3. The summed E-state index contributed by atoms with van der Waals surface area (Å²) in [7, 11) is 0. The monoisotopic (exact) mass is 392 g/mol. The van der Waals surface area contributed by atoms with E-state index in [1.807, 2.05) is 13.1 Å². The summed E-state index contributed by atoms with van der Waals surface area (Å²) in [6, 6.07) is 5.33. The Labute approximate surface area is 158 Å². The van der Waals surface area contributed by atoms with E-state index in [9.17, 15) is 18.0 Å². The van der Waals surface area contributed by atoms with Gasteiger partial charge in [0, 0.05) is 28.7 Å². The maximum Gasteiger partial charge on any atom is 0.471 e. The molecule has 2 heterocycles. The highest BCUT2D eigenvalue weighted by atomic mass is 19.4. The molecule has 28 heavy (non-hydrogen) atoms. The molecule has 9 heteroatoms. The van der Waals surface area contributed by atoms with Crippen molar-refractivity contribution in [1.29, 1.82) is 0 Å². The largest absolute Gasteiger partial charge is 0.471 e. The van der Waals surface area contributed by atoms with Gasteiger partial charge in [-0.2, -0.15) is 18.2 Å². The van der Waals surface area contributed by atoms with Crippen molar-refractivity contribution in [1.82, 2.24) is 20.0 Å². The van der Waals surface area contributed by atoms with Crippen LogP contribution >= 0.6 is 0 Å². The lowest BCUT2D eigenvalue weighted by atomic mass is 10.1. The number of carbonyl (C=O) groups is 1. The Kier molecular flexibility index (Phi) is 4.60. The molecule has 0 saturated heterocycles. The van der Waals surface area contributed by atoms with Gasteiger partial charge in [-0.15, -0.1) is 0 Å². The zero-order valence-corrected chi connectivity index (χ0v) is 15.2. The predicted molar refractivity (Wildman–Crippen MR) is 95.4 cm³/mol.